The molecule has 2 fully saturated rings. The van der Waals surface area contributed by atoms with Crippen LogP contribution in [-0.2, 0) is 14.3 Å². The van der Waals surface area contributed by atoms with E-state index in [1.807, 2.05) is 20.8 Å². The zero-order chi connectivity index (χ0) is 24.1. The van der Waals surface area contributed by atoms with Crippen molar-refractivity contribution < 1.29 is 34.8 Å². The standard InChI is InChI=1S/C25H36O7/c1-7-8-17(27)32-25-18(21(25,4)5)16-9-15(12-26)11-23(30)19(28)13(2)10-22(23,6)24(16,31)14(3)20(25)29/h9-10,14,16,18,20,26,29-31H,7-8,11-12H2,1-6H3/t14-,16+,18-,20-,22+,23+,24-,25-/m1/s1. The third kappa shape index (κ3) is 2.36. The number of aliphatic hydroxyl groups excluding tert-OH is 2. The molecular weight excluding hydrogens is 412 g/mol. The lowest BCUT2D eigenvalue weighted by atomic mass is 9.52. The van der Waals surface area contributed by atoms with Crippen LogP contribution in [0, 0.1) is 28.6 Å². The number of aliphatic hydroxyl groups is 4. The van der Waals surface area contributed by atoms with E-state index >= 15 is 0 Å². The van der Waals surface area contributed by atoms with Gasteiger partial charge in [-0.3, -0.25) is 9.59 Å². The summed E-state index contributed by atoms with van der Waals surface area (Å²) < 4.78 is 5.97. The molecule has 0 unspecified atom stereocenters. The van der Waals surface area contributed by atoms with Crippen molar-refractivity contribution in [1.29, 1.82) is 0 Å². The van der Waals surface area contributed by atoms with Gasteiger partial charge in [0.2, 0.25) is 0 Å². The molecule has 0 aromatic rings. The Hall–Kier alpha value is -1.54. The van der Waals surface area contributed by atoms with Crippen molar-refractivity contribution in [2.75, 3.05) is 6.61 Å². The highest BCUT2D eigenvalue weighted by atomic mass is 16.6. The number of Topliss-reactive ketones (excluding diaryl/α,β-unsaturated/α-hetero) is 1. The molecule has 32 heavy (non-hydrogen) atoms. The van der Waals surface area contributed by atoms with Crippen molar-refractivity contribution in [2.24, 2.45) is 28.6 Å². The van der Waals surface area contributed by atoms with Gasteiger partial charge in [-0.05, 0) is 24.5 Å². The summed E-state index contributed by atoms with van der Waals surface area (Å²) in [6.07, 6.45) is 2.92. The summed E-state index contributed by atoms with van der Waals surface area (Å²) in [6, 6.07) is 0. The van der Waals surface area contributed by atoms with Gasteiger partial charge in [-0.25, -0.2) is 0 Å². The zero-order valence-electron chi connectivity index (χ0n) is 19.8. The predicted octanol–water partition coefficient (Wildman–Crippen LogP) is 1.67. The van der Waals surface area contributed by atoms with Gasteiger partial charge in [0.1, 0.15) is 11.2 Å². The van der Waals surface area contributed by atoms with Crippen LogP contribution in [0.1, 0.15) is 60.8 Å². The molecule has 0 radical (unpaired) electrons. The van der Waals surface area contributed by atoms with Crippen LogP contribution in [0.2, 0.25) is 0 Å². The second kappa shape index (κ2) is 6.75. The molecule has 0 aliphatic heterocycles. The quantitative estimate of drug-likeness (QED) is 0.381. The third-order valence-corrected chi connectivity index (χ3v) is 9.41. The summed E-state index contributed by atoms with van der Waals surface area (Å²) in [6.45, 7) is 10.3. The number of fused-ring (bicyclic) bond motifs is 5. The fraction of sp³-hybridized carbons (Fsp3) is 0.760. The fourth-order valence-corrected chi connectivity index (χ4v) is 7.63. The molecule has 4 aliphatic rings. The minimum absolute atomic E-state index is 0.107. The molecule has 0 spiro atoms. The van der Waals surface area contributed by atoms with E-state index in [0.717, 1.165) is 0 Å². The van der Waals surface area contributed by atoms with Gasteiger partial charge in [0.15, 0.2) is 5.78 Å². The van der Waals surface area contributed by atoms with Gasteiger partial charge in [0.05, 0.1) is 23.7 Å². The van der Waals surface area contributed by atoms with Crippen molar-refractivity contribution in [3.8, 4) is 0 Å². The molecule has 4 aliphatic carbocycles. The second-order valence-electron chi connectivity index (χ2n) is 11.2. The highest BCUT2D eigenvalue weighted by Gasteiger charge is 2.88. The van der Waals surface area contributed by atoms with Gasteiger partial charge in [-0.2, -0.15) is 0 Å². The maximum absolute atomic E-state index is 13.1. The van der Waals surface area contributed by atoms with Crippen molar-refractivity contribution >= 4 is 11.8 Å². The van der Waals surface area contributed by atoms with E-state index in [9.17, 15) is 30.0 Å². The van der Waals surface area contributed by atoms with Crippen molar-refractivity contribution in [3.05, 3.63) is 23.3 Å². The normalized spacial score (nSPS) is 48.6. The van der Waals surface area contributed by atoms with Crippen molar-refractivity contribution in [3.63, 3.8) is 0 Å². The van der Waals surface area contributed by atoms with E-state index in [1.165, 1.54) is 0 Å². The lowest BCUT2D eigenvalue weighted by molar-refractivity contribution is -0.244. The van der Waals surface area contributed by atoms with Crippen molar-refractivity contribution in [1.82, 2.24) is 0 Å². The van der Waals surface area contributed by atoms with E-state index in [4.69, 9.17) is 4.74 Å². The van der Waals surface area contributed by atoms with E-state index in [2.05, 4.69) is 0 Å². The molecule has 2 saturated carbocycles. The van der Waals surface area contributed by atoms with Gasteiger partial charge in [-0.15, -0.1) is 0 Å². The number of carbonyl (C=O) groups is 2. The molecule has 4 N–H and O–H groups in total. The van der Waals surface area contributed by atoms with Crippen LogP contribution < -0.4 is 0 Å². The molecule has 7 heteroatoms. The van der Waals surface area contributed by atoms with Gasteiger partial charge < -0.3 is 25.2 Å². The monoisotopic (exact) mass is 448 g/mol. The van der Waals surface area contributed by atoms with Gasteiger partial charge in [0, 0.05) is 36.0 Å². The Labute approximate surface area is 189 Å². The Morgan fingerprint density at radius 2 is 1.88 bits per heavy atom. The Bertz CT molecular complexity index is 935. The summed E-state index contributed by atoms with van der Waals surface area (Å²) in [5.41, 5.74) is -6.10. The first-order chi connectivity index (χ1) is 14.7. The van der Waals surface area contributed by atoms with Crippen LogP contribution in [-0.4, -0.2) is 61.7 Å². The van der Waals surface area contributed by atoms with Gasteiger partial charge in [0.25, 0.3) is 0 Å². The number of rotatable bonds is 4. The average Bonchev–Trinajstić information content (AvgIpc) is 3.16. The molecule has 0 aromatic heterocycles. The minimum Gasteiger partial charge on any atom is -0.455 e. The van der Waals surface area contributed by atoms with E-state index in [1.54, 1.807) is 32.9 Å². The number of ketones is 1. The Morgan fingerprint density at radius 3 is 2.44 bits per heavy atom. The molecule has 0 saturated heterocycles. The zero-order valence-corrected chi connectivity index (χ0v) is 19.8. The van der Waals surface area contributed by atoms with Gasteiger partial charge in [-0.1, -0.05) is 46.8 Å². The average molecular weight is 449 g/mol. The molecule has 0 heterocycles. The lowest BCUT2D eigenvalue weighted by Gasteiger charge is -2.57. The number of ether oxygens (including phenoxy) is 1. The number of esters is 1. The van der Waals surface area contributed by atoms with Gasteiger partial charge >= 0.3 is 5.97 Å². The Balaban J connectivity index is 1.94. The number of hydrogen-bond donors (Lipinski definition) is 4. The van der Waals surface area contributed by atoms with Crippen LogP contribution >= 0.6 is 0 Å². The van der Waals surface area contributed by atoms with E-state index in [-0.39, 0.29) is 19.4 Å². The van der Waals surface area contributed by atoms with E-state index in [0.29, 0.717) is 17.6 Å². The maximum atomic E-state index is 13.1. The first kappa shape index (κ1) is 23.6. The summed E-state index contributed by atoms with van der Waals surface area (Å²) in [5, 5.41) is 45.8. The Morgan fingerprint density at radius 1 is 1.25 bits per heavy atom. The highest BCUT2D eigenvalue weighted by molar-refractivity contribution is 6.05. The smallest absolute Gasteiger partial charge is 0.306 e. The summed E-state index contributed by atoms with van der Waals surface area (Å²) in [5.74, 6) is -2.80. The molecular formula is C25H36O7. The van der Waals surface area contributed by atoms with Crippen LogP contribution in [0.25, 0.3) is 0 Å². The topological polar surface area (TPSA) is 124 Å². The molecule has 4 rings (SSSR count). The lowest BCUT2D eigenvalue weighted by Crippen LogP contribution is -2.70. The summed E-state index contributed by atoms with van der Waals surface area (Å²) in [7, 11) is 0. The molecule has 7 nitrogen and oxygen atoms in total. The second-order valence-corrected chi connectivity index (χ2v) is 11.2. The Kier molecular flexibility index (Phi) is 4.98. The molecule has 8 atom stereocenters. The van der Waals surface area contributed by atoms with Crippen LogP contribution in [0.15, 0.2) is 23.3 Å². The summed E-state index contributed by atoms with van der Waals surface area (Å²) in [4.78, 5) is 25.7. The molecule has 0 bridgehead atoms. The SMILES string of the molecule is CCCC(=O)O[C@@]12[C@H](O)[C@@H](C)[C@@]3(O)[C@@H](C=C(CO)C[C@]4(O)C(=O)C(C)=C[C@]34C)[C@@H]1C2(C)C. The first-order valence-corrected chi connectivity index (χ1v) is 11.6. The third-order valence-electron chi connectivity index (χ3n) is 9.41. The molecule has 178 valence electrons. The largest absolute Gasteiger partial charge is 0.455 e. The number of carbonyl (C=O) groups excluding carboxylic acids is 2. The first-order valence-electron chi connectivity index (χ1n) is 11.6. The predicted molar refractivity (Wildman–Crippen MR) is 116 cm³/mol. The minimum atomic E-state index is -1.94. The summed E-state index contributed by atoms with van der Waals surface area (Å²) >= 11 is 0. The van der Waals surface area contributed by atoms with E-state index < -0.39 is 63.2 Å². The maximum Gasteiger partial charge on any atom is 0.306 e. The van der Waals surface area contributed by atoms with Crippen LogP contribution in [0.5, 0.6) is 0 Å². The number of hydrogen-bond acceptors (Lipinski definition) is 7. The van der Waals surface area contributed by atoms with Crippen LogP contribution in [0.4, 0.5) is 0 Å². The van der Waals surface area contributed by atoms with Crippen LogP contribution in [0.3, 0.4) is 0 Å². The van der Waals surface area contributed by atoms with Crippen molar-refractivity contribution in [2.45, 2.75) is 83.7 Å². The fourth-order valence-electron chi connectivity index (χ4n) is 7.63. The molecule has 0 aromatic carbocycles. The highest BCUT2D eigenvalue weighted by Crippen LogP contribution is 2.78. The molecule has 0 amide bonds.